The lowest BCUT2D eigenvalue weighted by Gasteiger charge is -2.16. The quantitative estimate of drug-likeness (QED) is 0.819. The van der Waals surface area contributed by atoms with Gasteiger partial charge in [0.2, 0.25) is 5.16 Å². The van der Waals surface area contributed by atoms with Crippen molar-refractivity contribution in [3.05, 3.63) is 30.1 Å². The van der Waals surface area contributed by atoms with Gasteiger partial charge < -0.3 is 5.43 Å². The van der Waals surface area contributed by atoms with Gasteiger partial charge in [-0.3, -0.25) is 0 Å². The van der Waals surface area contributed by atoms with Gasteiger partial charge in [0.05, 0.1) is 0 Å². The van der Waals surface area contributed by atoms with Gasteiger partial charge in [-0.2, -0.15) is 0 Å². The summed E-state index contributed by atoms with van der Waals surface area (Å²) in [6.07, 6.45) is 0. The van der Waals surface area contributed by atoms with Crippen LogP contribution < -0.4 is 5.43 Å². The second kappa shape index (κ2) is 3.79. The molecule has 3 rings (SSSR count). The number of nitrogens with zero attached hydrogens (tertiary/aromatic N) is 3. The van der Waals surface area contributed by atoms with E-state index in [9.17, 15) is 4.39 Å². The number of benzene rings is 1. The van der Waals surface area contributed by atoms with E-state index in [0.717, 1.165) is 23.0 Å². The zero-order valence-corrected chi connectivity index (χ0v) is 9.17. The highest BCUT2D eigenvalue weighted by atomic mass is 32.2. The van der Waals surface area contributed by atoms with E-state index in [4.69, 9.17) is 0 Å². The molecule has 16 heavy (non-hydrogen) atoms. The third kappa shape index (κ3) is 1.55. The Hall–Kier alpha value is -1.56. The average molecular weight is 236 g/mol. The van der Waals surface area contributed by atoms with Gasteiger partial charge in [0.15, 0.2) is 5.82 Å². The van der Waals surface area contributed by atoms with Crippen molar-refractivity contribution in [2.75, 3.05) is 17.7 Å². The van der Waals surface area contributed by atoms with E-state index in [-0.39, 0.29) is 5.82 Å². The Morgan fingerprint density at radius 3 is 3.19 bits per heavy atom. The van der Waals surface area contributed by atoms with Crippen molar-refractivity contribution >= 4 is 11.8 Å². The molecular formula is C10H9FN4S. The number of halogens is 1. The Bertz CT molecular complexity index is 525. The van der Waals surface area contributed by atoms with Crippen LogP contribution in [-0.2, 0) is 0 Å². The van der Waals surface area contributed by atoms with Crippen molar-refractivity contribution in [2.24, 2.45) is 0 Å². The lowest BCUT2D eigenvalue weighted by molar-refractivity contribution is 0.628. The minimum atomic E-state index is -0.265. The van der Waals surface area contributed by atoms with Gasteiger partial charge in [-0.1, -0.05) is 23.9 Å². The summed E-state index contributed by atoms with van der Waals surface area (Å²) in [5.74, 6) is 1.36. The summed E-state index contributed by atoms with van der Waals surface area (Å²) in [4.78, 5) is 0. The van der Waals surface area contributed by atoms with Crippen molar-refractivity contribution < 1.29 is 4.39 Å². The molecule has 0 unspecified atom stereocenters. The summed E-state index contributed by atoms with van der Waals surface area (Å²) in [5.41, 5.74) is 3.91. The van der Waals surface area contributed by atoms with Gasteiger partial charge in [0, 0.05) is 17.9 Å². The maximum absolute atomic E-state index is 13.1. The monoisotopic (exact) mass is 236 g/mol. The highest BCUT2D eigenvalue weighted by Crippen LogP contribution is 2.24. The molecule has 0 saturated carbocycles. The molecular weight excluding hydrogens is 227 g/mol. The second-order valence-corrected chi connectivity index (χ2v) is 4.47. The molecule has 0 fully saturated rings. The van der Waals surface area contributed by atoms with Crippen molar-refractivity contribution in [3.8, 4) is 11.4 Å². The fourth-order valence-electron chi connectivity index (χ4n) is 1.62. The Morgan fingerprint density at radius 2 is 2.31 bits per heavy atom. The van der Waals surface area contributed by atoms with Gasteiger partial charge in [0.25, 0.3) is 0 Å². The molecule has 0 amide bonds. The van der Waals surface area contributed by atoms with Crippen LogP contribution in [0.25, 0.3) is 11.4 Å². The molecule has 1 N–H and O–H groups in total. The number of thioether (sulfide) groups is 1. The fraction of sp³-hybridized carbons (Fsp3) is 0.200. The molecule has 1 aromatic carbocycles. The molecule has 6 heteroatoms. The zero-order valence-electron chi connectivity index (χ0n) is 8.35. The fourth-order valence-corrected chi connectivity index (χ4v) is 2.37. The second-order valence-electron chi connectivity index (χ2n) is 3.41. The Balaban J connectivity index is 2.09. The zero-order chi connectivity index (χ0) is 11.0. The number of rotatable bonds is 1. The van der Waals surface area contributed by atoms with Gasteiger partial charge in [-0.25, -0.2) is 9.07 Å². The lowest BCUT2D eigenvalue weighted by Crippen LogP contribution is -2.23. The topological polar surface area (TPSA) is 42.7 Å². The van der Waals surface area contributed by atoms with E-state index >= 15 is 0 Å². The van der Waals surface area contributed by atoms with Crippen molar-refractivity contribution in [1.29, 1.82) is 0 Å². The highest BCUT2D eigenvalue weighted by molar-refractivity contribution is 7.99. The van der Waals surface area contributed by atoms with Crippen LogP contribution in [0.5, 0.6) is 0 Å². The highest BCUT2D eigenvalue weighted by Gasteiger charge is 2.17. The number of aromatic nitrogens is 3. The van der Waals surface area contributed by atoms with E-state index in [0.29, 0.717) is 5.82 Å². The summed E-state index contributed by atoms with van der Waals surface area (Å²) in [6, 6.07) is 6.36. The summed E-state index contributed by atoms with van der Waals surface area (Å²) >= 11 is 1.64. The maximum Gasteiger partial charge on any atom is 0.210 e. The molecule has 0 bridgehead atoms. The molecule has 82 valence electrons. The first kappa shape index (κ1) is 9.65. The molecule has 1 aromatic heterocycles. The number of hydrogen-bond acceptors (Lipinski definition) is 4. The van der Waals surface area contributed by atoms with Crippen LogP contribution in [-0.4, -0.2) is 27.2 Å². The van der Waals surface area contributed by atoms with Gasteiger partial charge in [-0.05, 0) is 12.1 Å². The summed E-state index contributed by atoms with van der Waals surface area (Å²) in [5, 5.41) is 8.95. The number of nitrogens with one attached hydrogen (secondary N) is 1. The molecule has 2 heterocycles. The molecule has 1 aliphatic rings. The predicted molar refractivity (Wildman–Crippen MR) is 60.4 cm³/mol. The van der Waals surface area contributed by atoms with E-state index in [1.807, 2.05) is 10.7 Å². The molecule has 0 spiro atoms. The van der Waals surface area contributed by atoms with Gasteiger partial charge >= 0.3 is 0 Å². The summed E-state index contributed by atoms with van der Waals surface area (Å²) in [7, 11) is 0. The van der Waals surface area contributed by atoms with Crippen LogP contribution >= 0.6 is 11.8 Å². The van der Waals surface area contributed by atoms with Gasteiger partial charge in [0.1, 0.15) is 5.82 Å². The third-order valence-electron chi connectivity index (χ3n) is 2.32. The average Bonchev–Trinajstić information content (AvgIpc) is 2.72. The van der Waals surface area contributed by atoms with Crippen molar-refractivity contribution in [3.63, 3.8) is 0 Å². The third-order valence-corrected chi connectivity index (χ3v) is 3.25. The van der Waals surface area contributed by atoms with E-state index in [2.05, 4.69) is 15.6 Å². The first-order valence-electron chi connectivity index (χ1n) is 4.92. The predicted octanol–water partition coefficient (Wildman–Crippen LogP) is 1.73. The van der Waals surface area contributed by atoms with Crippen molar-refractivity contribution in [2.45, 2.75) is 5.16 Å². The summed E-state index contributed by atoms with van der Waals surface area (Å²) in [6.45, 7) is 0.859. The van der Waals surface area contributed by atoms with Crippen LogP contribution in [0.3, 0.4) is 0 Å². The van der Waals surface area contributed by atoms with Crippen LogP contribution in [0, 0.1) is 5.82 Å². The normalized spacial score (nSPS) is 14.3. The molecule has 2 aromatic rings. The van der Waals surface area contributed by atoms with Crippen LogP contribution in [0.15, 0.2) is 29.4 Å². The standard InChI is InChI=1S/C10H9FN4S/c11-8-3-1-2-7(6-8)9-13-14-10-15(9)12-4-5-16-10/h1-3,6,12H,4-5H2. The van der Waals surface area contributed by atoms with Crippen LogP contribution in [0.2, 0.25) is 0 Å². The minimum Gasteiger partial charge on any atom is -0.321 e. The molecule has 1 aliphatic heterocycles. The summed E-state index contributed by atoms with van der Waals surface area (Å²) < 4.78 is 14.9. The van der Waals surface area contributed by atoms with E-state index < -0.39 is 0 Å². The van der Waals surface area contributed by atoms with Crippen LogP contribution in [0.4, 0.5) is 4.39 Å². The smallest absolute Gasteiger partial charge is 0.210 e. The molecule has 4 nitrogen and oxygen atoms in total. The number of fused-ring (bicyclic) bond motifs is 1. The van der Waals surface area contributed by atoms with E-state index in [1.54, 1.807) is 17.8 Å². The maximum atomic E-state index is 13.1. The van der Waals surface area contributed by atoms with Crippen LogP contribution in [0.1, 0.15) is 0 Å². The van der Waals surface area contributed by atoms with Gasteiger partial charge in [-0.15, -0.1) is 10.2 Å². The first-order chi connectivity index (χ1) is 7.84. The molecule has 0 aliphatic carbocycles. The Morgan fingerprint density at radius 1 is 1.38 bits per heavy atom. The van der Waals surface area contributed by atoms with E-state index in [1.165, 1.54) is 12.1 Å². The van der Waals surface area contributed by atoms with Crippen molar-refractivity contribution in [1.82, 2.24) is 14.9 Å². The molecule has 0 saturated heterocycles. The number of hydrogen-bond donors (Lipinski definition) is 1. The minimum absolute atomic E-state index is 0.265. The molecule has 0 radical (unpaired) electrons. The largest absolute Gasteiger partial charge is 0.321 e. The SMILES string of the molecule is Fc1cccc(-c2nnc3n2NCCS3)c1. The first-order valence-corrected chi connectivity index (χ1v) is 5.91. The lowest BCUT2D eigenvalue weighted by atomic mass is 10.2. The molecule has 0 atom stereocenters. The Labute approximate surface area is 95.8 Å². The Kier molecular flexibility index (Phi) is 2.28.